The Morgan fingerprint density at radius 2 is 2.15 bits per heavy atom. The molecule has 0 saturated heterocycles. The third-order valence-electron chi connectivity index (χ3n) is 2.17. The lowest BCUT2D eigenvalue weighted by Crippen LogP contribution is -2.20. The molecule has 0 radical (unpaired) electrons. The van der Waals surface area contributed by atoms with Crippen molar-refractivity contribution in [1.29, 1.82) is 0 Å². The highest BCUT2D eigenvalue weighted by molar-refractivity contribution is 9.08. The zero-order valence-corrected chi connectivity index (χ0v) is 11.9. The fourth-order valence-electron chi connectivity index (χ4n) is 1.44. The molecule has 1 heterocycles. The molecular weight excluding hydrogens is 347 g/mol. The maximum atomic E-state index is 12.3. The third-order valence-corrected chi connectivity index (χ3v) is 2.70. The first-order valence-corrected chi connectivity index (χ1v) is 6.57. The van der Waals surface area contributed by atoms with Crippen LogP contribution in [0.3, 0.4) is 0 Å². The summed E-state index contributed by atoms with van der Waals surface area (Å²) >= 11 is 3.04. The highest BCUT2D eigenvalue weighted by Gasteiger charge is 2.34. The summed E-state index contributed by atoms with van der Waals surface area (Å²) in [7, 11) is 0. The van der Waals surface area contributed by atoms with Gasteiger partial charge in [-0.1, -0.05) is 15.9 Å². The minimum absolute atomic E-state index is 0.0875. The van der Waals surface area contributed by atoms with Crippen molar-refractivity contribution in [3.63, 3.8) is 0 Å². The maximum absolute atomic E-state index is 12.3. The lowest BCUT2D eigenvalue weighted by Gasteiger charge is -2.16. The molecule has 0 unspecified atom stereocenters. The number of hydrogen-bond acceptors (Lipinski definition) is 5. The molecule has 0 aliphatic heterocycles. The molecule has 20 heavy (non-hydrogen) atoms. The number of rotatable bonds is 5. The number of esters is 1. The van der Waals surface area contributed by atoms with Crippen molar-refractivity contribution < 1.29 is 32.5 Å². The minimum atomic E-state index is -4.99. The van der Waals surface area contributed by atoms with Crippen LogP contribution in [-0.2, 0) is 21.3 Å². The summed E-state index contributed by atoms with van der Waals surface area (Å²) in [5.41, 5.74) is -0.0206. The quantitative estimate of drug-likeness (QED) is 0.648. The van der Waals surface area contributed by atoms with Crippen molar-refractivity contribution in [1.82, 2.24) is 4.98 Å². The number of aromatic hydroxyl groups is 1. The first-order chi connectivity index (χ1) is 9.28. The van der Waals surface area contributed by atoms with Crippen molar-refractivity contribution >= 4 is 21.9 Å². The van der Waals surface area contributed by atoms with Gasteiger partial charge in [0.25, 0.3) is 0 Å². The van der Waals surface area contributed by atoms with E-state index in [0.29, 0.717) is 0 Å². The molecule has 1 rings (SSSR count). The van der Waals surface area contributed by atoms with Gasteiger partial charge in [-0.25, -0.2) is 0 Å². The van der Waals surface area contributed by atoms with Crippen molar-refractivity contribution in [2.24, 2.45) is 0 Å². The highest BCUT2D eigenvalue weighted by atomic mass is 79.9. The molecule has 0 spiro atoms. The fourth-order valence-corrected chi connectivity index (χ4v) is 1.93. The van der Waals surface area contributed by atoms with Gasteiger partial charge in [0.05, 0.1) is 24.9 Å². The van der Waals surface area contributed by atoms with E-state index in [1.807, 2.05) is 0 Å². The number of carbonyl (C=O) groups is 1. The van der Waals surface area contributed by atoms with Crippen LogP contribution in [0.2, 0.25) is 0 Å². The van der Waals surface area contributed by atoms with E-state index in [1.54, 1.807) is 6.92 Å². The summed E-state index contributed by atoms with van der Waals surface area (Å²) in [5, 5.41) is 9.56. The van der Waals surface area contributed by atoms with Gasteiger partial charge in [0, 0.05) is 10.9 Å². The summed E-state index contributed by atoms with van der Waals surface area (Å²) in [6, 6.07) is 0. The molecule has 0 saturated carbocycles. The van der Waals surface area contributed by atoms with Gasteiger partial charge in [-0.2, -0.15) is 0 Å². The van der Waals surface area contributed by atoms with Gasteiger partial charge < -0.3 is 14.6 Å². The minimum Gasteiger partial charge on any atom is -0.503 e. The molecule has 0 aliphatic carbocycles. The fraction of sp³-hybridized carbons (Fsp3) is 0.455. The lowest BCUT2D eigenvalue weighted by atomic mass is 10.1. The Bertz CT molecular complexity index is 493. The van der Waals surface area contributed by atoms with Gasteiger partial charge in [0.2, 0.25) is 0 Å². The second-order valence-corrected chi connectivity index (χ2v) is 4.12. The molecule has 1 N–H and O–H groups in total. The Kier molecular flexibility index (Phi) is 5.61. The Morgan fingerprint density at radius 3 is 2.65 bits per heavy atom. The number of alkyl halides is 4. The molecule has 0 amide bonds. The molecule has 0 atom stereocenters. The lowest BCUT2D eigenvalue weighted by molar-refractivity contribution is -0.275. The van der Waals surface area contributed by atoms with Gasteiger partial charge in [-0.05, 0) is 6.92 Å². The number of hydrogen-bond donors (Lipinski definition) is 1. The SMILES string of the molecule is CCOC(=O)Cc1c(CBr)ncc(O)c1OC(F)(F)F. The third kappa shape index (κ3) is 4.55. The number of halogens is 4. The van der Waals surface area contributed by atoms with Crippen molar-refractivity contribution in [2.45, 2.75) is 25.0 Å². The van der Waals surface area contributed by atoms with E-state index in [0.717, 1.165) is 6.20 Å². The average molecular weight is 358 g/mol. The van der Waals surface area contributed by atoms with E-state index < -0.39 is 30.3 Å². The molecule has 5 nitrogen and oxygen atoms in total. The number of pyridine rings is 1. The Balaban J connectivity index is 3.21. The van der Waals surface area contributed by atoms with Crippen molar-refractivity contribution in [3.8, 4) is 11.5 Å². The van der Waals surface area contributed by atoms with Crippen LogP contribution in [0, 0.1) is 0 Å². The standard InChI is InChI=1S/C11H11BrF3NO4/c1-2-19-9(18)3-6-7(4-12)16-5-8(17)10(6)20-11(13,14)15/h5,17H,2-4H2,1H3. The summed E-state index contributed by atoms with van der Waals surface area (Å²) in [5.74, 6) is -2.38. The van der Waals surface area contributed by atoms with Crippen molar-refractivity contribution in [2.75, 3.05) is 6.61 Å². The molecule has 112 valence electrons. The first kappa shape index (κ1) is 16.5. The Morgan fingerprint density at radius 1 is 1.50 bits per heavy atom. The molecule has 0 bridgehead atoms. The van der Waals surface area contributed by atoms with Crippen LogP contribution in [0.5, 0.6) is 11.5 Å². The molecule has 9 heteroatoms. The molecule has 1 aromatic heterocycles. The Hall–Kier alpha value is -1.51. The monoisotopic (exact) mass is 357 g/mol. The second kappa shape index (κ2) is 6.78. The zero-order valence-electron chi connectivity index (χ0n) is 10.3. The molecular formula is C11H11BrF3NO4. The summed E-state index contributed by atoms with van der Waals surface area (Å²) in [4.78, 5) is 15.2. The smallest absolute Gasteiger partial charge is 0.503 e. The number of aromatic nitrogens is 1. The van der Waals surface area contributed by atoms with E-state index in [1.165, 1.54) is 0 Å². The molecule has 0 aliphatic rings. The van der Waals surface area contributed by atoms with Crippen LogP contribution >= 0.6 is 15.9 Å². The summed E-state index contributed by atoms with van der Waals surface area (Å²) in [6.07, 6.45) is -4.65. The van der Waals surface area contributed by atoms with Gasteiger partial charge in [-0.15, -0.1) is 13.2 Å². The van der Waals surface area contributed by atoms with E-state index in [9.17, 15) is 23.1 Å². The van der Waals surface area contributed by atoms with Gasteiger partial charge in [0.15, 0.2) is 11.5 Å². The van der Waals surface area contributed by atoms with Gasteiger partial charge >= 0.3 is 12.3 Å². The summed E-state index contributed by atoms with van der Waals surface area (Å²) < 4.78 is 45.5. The largest absolute Gasteiger partial charge is 0.573 e. The normalized spacial score (nSPS) is 11.2. The Labute approximate surface area is 120 Å². The van der Waals surface area contributed by atoms with Gasteiger partial charge in [0.1, 0.15) is 0 Å². The first-order valence-electron chi connectivity index (χ1n) is 5.45. The number of nitrogens with zero attached hydrogens (tertiary/aromatic N) is 1. The molecule has 0 aromatic carbocycles. The van der Waals surface area contributed by atoms with Crippen LogP contribution in [0.25, 0.3) is 0 Å². The summed E-state index contributed by atoms with van der Waals surface area (Å²) in [6.45, 7) is 1.65. The maximum Gasteiger partial charge on any atom is 0.573 e. The van der Waals surface area contributed by atoms with E-state index in [2.05, 4.69) is 30.4 Å². The van der Waals surface area contributed by atoms with Crippen LogP contribution in [0.1, 0.15) is 18.2 Å². The predicted octanol–water partition coefficient (Wildman–Crippen LogP) is 2.69. The predicted molar refractivity (Wildman–Crippen MR) is 65.6 cm³/mol. The van der Waals surface area contributed by atoms with E-state index in [4.69, 9.17) is 0 Å². The van der Waals surface area contributed by atoms with E-state index in [-0.39, 0.29) is 23.2 Å². The van der Waals surface area contributed by atoms with Gasteiger partial charge in [-0.3, -0.25) is 9.78 Å². The highest BCUT2D eigenvalue weighted by Crippen LogP contribution is 2.36. The van der Waals surface area contributed by atoms with Crippen LogP contribution in [0.15, 0.2) is 6.20 Å². The van der Waals surface area contributed by atoms with E-state index >= 15 is 0 Å². The topological polar surface area (TPSA) is 68.7 Å². The van der Waals surface area contributed by atoms with Crippen molar-refractivity contribution in [3.05, 3.63) is 17.5 Å². The second-order valence-electron chi connectivity index (χ2n) is 3.56. The van der Waals surface area contributed by atoms with Crippen LogP contribution in [-0.4, -0.2) is 29.0 Å². The molecule has 0 fully saturated rings. The van der Waals surface area contributed by atoms with Crippen LogP contribution in [0.4, 0.5) is 13.2 Å². The average Bonchev–Trinajstić information content (AvgIpc) is 2.33. The van der Waals surface area contributed by atoms with Crippen LogP contribution < -0.4 is 4.74 Å². The number of ether oxygens (including phenoxy) is 2. The molecule has 1 aromatic rings. The zero-order chi connectivity index (χ0) is 15.3. The number of carbonyl (C=O) groups excluding carboxylic acids is 1.